The van der Waals surface area contributed by atoms with Crippen molar-refractivity contribution in [2.75, 3.05) is 28.0 Å². The molecular weight excluding hydrogens is 446 g/mol. The average Bonchev–Trinajstić information content (AvgIpc) is 2.79. The van der Waals surface area contributed by atoms with Crippen molar-refractivity contribution in [3.8, 4) is 0 Å². The molecule has 34 heavy (non-hydrogen) atoms. The summed E-state index contributed by atoms with van der Waals surface area (Å²) in [7, 11) is -3.86. The Kier molecular flexibility index (Phi) is 6.93. The molecule has 4 rings (SSSR count). The lowest BCUT2D eigenvalue weighted by atomic mass is 10.1. The number of hydrogen-bond donors (Lipinski definition) is 2. The molecule has 1 fully saturated rings. The van der Waals surface area contributed by atoms with Crippen LogP contribution in [-0.4, -0.2) is 27.4 Å². The van der Waals surface area contributed by atoms with Gasteiger partial charge in [-0.05, 0) is 105 Å². The highest BCUT2D eigenvalue weighted by molar-refractivity contribution is 7.92. The van der Waals surface area contributed by atoms with Gasteiger partial charge in [0.15, 0.2) is 0 Å². The van der Waals surface area contributed by atoms with Gasteiger partial charge in [0.1, 0.15) is 0 Å². The van der Waals surface area contributed by atoms with Gasteiger partial charge in [0.2, 0.25) is 0 Å². The van der Waals surface area contributed by atoms with Crippen LogP contribution >= 0.6 is 0 Å². The molecule has 0 atom stereocenters. The molecule has 1 amide bonds. The summed E-state index contributed by atoms with van der Waals surface area (Å²) in [5.41, 5.74) is 5.11. The van der Waals surface area contributed by atoms with Crippen molar-refractivity contribution in [3.63, 3.8) is 0 Å². The number of aryl methyl sites for hydroxylation is 3. The van der Waals surface area contributed by atoms with E-state index in [1.54, 1.807) is 31.2 Å². The maximum atomic E-state index is 13.1. The molecule has 1 saturated heterocycles. The molecule has 0 bridgehead atoms. The third-order valence-electron chi connectivity index (χ3n) is 6.06. The van der Waals surface area contributed by atoms with E-state index in [4.69, 9.17) is 0 Å². The fourth-order valence-corrected chi connectivity index (χ4v) is 5.70. The van der Waals surface area contributed by atoms with Crippen LogP contribution in [0.3, 0.4) is 0 Å². The average molecular weight is 478 g/mol. The number of benzene rings is 3. The van der Waals surface area contributed by atoms with Gasteiger partial charge >= 0.3 is 0 Å². The number of piperidine rings is 1. The quantitative estimate of drug-likeness (QED) is 0.481. The lowest BCUT2D eigenvalue weighted by Gasteiger charge is -2.28. The summed E-state index contributed by atoms with van der Waals surface area (Å²) in [4.78, 5) is 15.3. The SMILES string of the molecule is Cc1cc(C)cc(NS(=O)(=O)c2cc(C(=O)Nc3ccc(N4CCCCC4)cc3)ccc2C)c1. The second-order valence-corrected chi connectivity index (χ2v) is 10.7. The number of rotatable bonds is 6. The third-order valence-corrected chi connectivity index (χ3v) is 7.58. The van der Waals surface area contributed by atoms with Crippen molar-refractivity contribution < 1.29 is 13.2 Å². The smallest absolute Gasteiger partial charge is 0.262 e. The lowest BCUT2D eigenvalue weighted by Crippen LogP contribution is -2.29. The Morgan fingerprint density at radius 3 is 2.09 bits per heavy atom. The molecule has 1 aliphatic rings. The number of nitrogens with zero attached hydrogens (tertiary/aromatic N) is 1. The number of amides is 1. The van der Waals surface area contributed by atoms with Gasteiger partial charge in [0.05, 0.1) is 4.90 Å². The molecule has 0 unspecified atom stereocenters. The maximum Gasteiger partial charge on any atom is 0.262 e. The van der Waals surface area contributed by atoms with Gasteiger partial charge in [-0.15, -0.1) is 0 Å². The van der Waals surface area contributed by atoms with Crippen LogP contribution in [-0.2, 0) is 10.0 Å². The fourth-order valence-electron chi connectivity index (χ4n) is 4.39. The second kappa shape index (κ2) is 9.89. The van der Waals surface area contributed by atoms with Gasteiger partial charge in [-0.25, -0.2) is 8.42 Å². The Morgan fingerprint density at radius 1 is 0.794 bits per heavy atom. The van der Waals surface area contributed by atoms with Crippen molar-refractivity contribution in [3.05, 3.63) is 82.9 Å². The highest BCUT2D eigenvalue weighted by Gasteiger charge is 2.20. The zero-order chi connectivity index (χ0) is 24.3. The predicted molar refractivity (Wildman–Crippen MR) is 138 cm³/mol. The first-order valence-electron chi connectivity index (χ1n) is 11.6. The van der Waals surface area contributed by atoms with Crippen molar-refractivity contribution in [2.45, 2.75) is 44.9 Å². The molecule has 0 saturated carbocycles. The van der Waals surface area contributed by atoms with E-state index >= 15 is 0 Å². The van der Waals surface area contributed by atoms with Crippen molar-refractivity contribution >= 4 is 33.0 Å². The number of carbonyl (C=O) groups is 1. The van der Waals surface area contributed by atoms with E-state index in [9.17, 15) is 13.2 Å². The van der Waals surface area contributed by atoms with Gasteiger partial charge in [0.25, 0.3) is 15.9 Å². The summed E-state index contributed by atoms with van der Waals surface area (Å²) in [6, 6.07) is 18.1. The van der Waals surface area contributed by atoms with Crippen molar-refractivity contribution in [2.24, 2.45) is 0 Å². The zero-order valence-electron chi connectivity index (χ0n) is 19.9. The molecular formula is C27H31N3O3S. The number of sulfonamides is 1. The van der Waals surface area contributed by atoms with Crippen LogP contribution in [0, 0.1) is 20.8 Å². The van der Waals surface area contributed by atoms with Gasteiger partial charge in [-0.2, -0.15) is 0 Å². The summed E-state index contributed by atoms with van der Waals surface area (Å²) in [5.74, 6) is -0.353. The molecule has 0 spiro atoms. The molecule has 6 nitrogen and oxygen atoms in total. The minimum atomic E-state index is -3.86. The van der Waals surface area contributed by atoms with Crippen LogP contribution in [0.5, 0.6) is 0 Å². The van der Waals surface area contributed by atoms with E-state index < -0.39 is 10.0 Å². The predicted octanol–water partition coefficient (Wildman–Crippen LogP) is 5.66. The number of hydrogen-bond acceptors (Lipinski definition) is 4. The number of carbonyl (C=O) groups excluding carboxylic acids is 1. The number of anilines is 3. The molecule has 0 aliphatic carbocycles. The van der Waals surface area contributed by atoms with Crippen LogP contribution in [0.25, 0.3) is 0 Å². The summed E-state index contributed by atoms with van der Waals surface area (Å²) < 4.78 is 28.9. The standard InChI is InChI=1S/C27H31N3O3S/c1-19-15-20(2)17-24(16-19)29-34(32,33)26-18-22(8-7-21(26)3)27(31)28-23-9-11-25(12-10-23)30-13-5-4-6-14-30/h7-12,15-18,29H,4-6,13-14H2,1-3H3,(H,28,31). The summed E-state index contributed by atoms with van der Waals surface area (Å²) >= 11 is 0. The van der Waals surface area contributed by atoms with E-state index in [1.807, 2.05) is 44.2 Å². The van der Waals surface area contributed by atoms with E-state index in [0.29, 0.717) is 16.9 Å². The van der Waals surface area contributed by atoms with E-state index in [2.05, 4.69) is 14.9 Å². The zero-order valence-corrected chi connectivity index (χ0v) is 20.7. The van der Waals surface area contributed by atoms with E-state index in [-0.39, 0.29) is 16.4 Å². The first kappa shape index (κ1) is 23.8. The first-order valence-corrected chi connectivity index (χ1v) is 13.1. The first-order chi connectivity index (χ1) is 16.2. The Morgan fingerprint density at radius 2 is 1.44 bits per heavy atom. The van der Waals surface area contributed by atoms with Gasteiger partial charge < -0.3 is 10.2 Å². The Hall–Kier alpha value is -3.32. The van der Waals surface area contributed by atoms with Crippen molar-refractivity contribution in [1.82, 2.24) is 0 Å². The maximum absolute atomic E-state index is 13.1. The molecule has 1 aliphatic heterocycles. The minimum absolute atomic E-state index is 0.0831. The minimum Gasteiger partial charge on any atom is -0.372 e. The molecule has 3 aromatic carbocycles. The largest absolute Gasteiger partial charge is 0.372 e. The fraction of sp³-hybridized carbons (Fsp3) is 0.296. The summed E-state index contributed by atoms with van der Waals surface area (Å²) in [6.07, 6.45) is 3.68. The van der Waals surface area contributed by atoms with Crippen LogP contribution in [0.4, 0.5) is 17.1 Å². The van der Waals surface area contributed by atoms with Crippen LogP contribution in [0.2, 0.25) is 0 Å². The van der Waals surface area contributed by atoms with E-state index in [1.165, 1.54) is 25.3 Å². The molecule has 0 aromatic heterocycles. The van der Waals surface area contributed by atoms with E-state index in [0.717, 1.165) is 29.9 Å². The highest BCUT2D eigenvalue weighted by atomic mass is 32.2. The van der Waals surface area contributed by atoms with Gasteiger partial charge in [-0.1, -0.05) is 12.1 Å². The van der Waals surface area contributed by atoms with Gasteiger partial charge in [-0.3, -0.25) is 9.52 Å². The Bertz CT molecular complexity index is 1270. The normalized spacial score (nSPS) is 14.0. The highest BCUT2D eigenvalue weighted by Crippen LogP contribution is 2.24. The molecule has 0 radical (unpaired) electrons. The molecule has 3 aromatic rings. The second-order valence-electron chi connectivity index (χ2n) is 9.01. The van der Waals surface area contributed by atoms with Crippen LogP contribution < -0.4 is 14.9 Å². The molecule has 2 N–H and O–H groups in total. The molecule has 7 heteroatoms. The van der Waals surface area contributed by atoms with Gasteiger partial charge in [0, 0.05) is 35.7 Å². The third kappa shape index (κ3) is 5.59. The summed E-state index contributed by atoms with van der Waals surface area (Å²) in [6.45, 7) is 7.67. The number of nitrogens with one attached hydrogen (secondary N) is 2. The summed E-state index contributed by atoms with van der Waals surface area (Å²) in [5, 5.41) is 2.88. The lowest BCUT2D eigenvalue weighted by molar-refractivity contribution is 0.102. The van der Waals surface area contributed by atoms with Crippen LogP contribution in [0.15, 0.2) is 65.6 Å². The Balaban J connectivity index is 1.51. The van der Waals surface area contributed by atoms with Crippen molar-refractivity contribution in [1.29, 1.82) is 0 Å². The van der Waals surface area contributed by atoms with Crippen LogP contribution in [0.1, 0.15) is 46.3 Å². The molecule has 178 valence electrons. The topological polar surface area (TPSA) is 78.5 Å². The monoisotopic (exact) mass is 477 g/mol. The Labute approximate surface area is 202 Å². The molecule has 1 heterocycles.